The average Bonchev–Trinajstić information content (AvgIpc) is 2.89. The molecule has 0 amide bonds. The maximum atomic E-state index is 13.8. The summed E-state index contributed by atoms with van der Waals surface area (Å²) in [6.45, 7) is 2.77. The summed E-state index contributed by atoms with van der Waals surface area (Å²) in [5, 5.41) is 12.1. The SMILES string of the molecule is N#Cc1ccc(COC2COC3(CCNCC3)C2)c(F)c1. The van der Waals surface area contributed by atoms with E-state index in [1.54, 1.807) is 12.1 Å². The molecule has 0 bridgehead atoms. The third-order valence-corrected chi connectivity index (χ3v) is 4.35. The van der Waals surface area contributed by atoms with E-state index in [1.165, 1.54) is 6.07 Å². The average molecular weight is 290 g/mol. The van der Waals surface area contributed by atoms with Gasteiger partial charge in [0, 0.05) is 12.0 Å². The first-order valence-electron chi connectivity index (χ1n) is 7.36. The molecule has 2 aliphatic heterocycles. The monoisotopic (exact) mass is 290 g/mol. The summed E-state index contributed by atoms with van der Waals surface area (Å²) in [5.74, 6) is -0.385. The molecular formula is C16H19FN2O2. The Balaban J connectivity index is 1.55. The highest BCUT2D eigenvalue weighted by Gasteiger charge is 2.41. The van der Waals surface area contributed by atoms with Crippen LogP contribution in [0.3, 0.4) is 0 Å². The smallest absolute Gasteiger partial charge is 0.130 e. The molecule has 2 aliphatic rings. The van der Waals surface area contributed by atoms with Gasteiger partial charge in [-0.3, -0.25) is 0 Å². The summed E-state index contributed by atoms with van der Waals surface area (Å²) in [5.41, 5.74) is 0.772. The van der Waals surface area contributed by atoms with Crippen molar-refractivity contribution >= 4 is 0 Å². The molecule has 1 aromatic rings. The molecule has 0 aromatic heterocycles. The summed E-state index contributed by atoms with van der Waals surface area (Å²) in [7, 11) is 0. The van der Waals surface area contributed by atoms with Crippen molar-refractivity contribution in [3.05, 3.63) is 35.1 Å². The molecule has 2 heterocycles. The molecular weight excluding hydrogens is 271 g/mol. The second-order valence-electron chi connectivity index (χ2n) is 5.80. The van der Waals surface area contributed by atoms with Gasteiger partial charge >= 0.3 is 0 Å². The van der Waals surface area contributed by atoms with Gasteiger partial charge in [0.25, 0.3) is 0 Å². The molecule has 112 valence electrons. The van der Waals surface area contributed by atoms with Gasteiger partial charge < -0.3 is 14.8 Å². The van der Waals surface area contributed by atoms with Gasteiger partial charge in [0.15, 0.2) is 0 Å². The van der Waals surface area contributed by atoms with Crippen LogP contribution in [0.15, 0.2) is 18.2 Å². The van der Waals surface area contributed by atoms with Crippen molar-refractivity contribution in [2.45, 2.75) is 37.6 Å². The number of rotatable bonds is 3. The maximum absolute atomic E-state index is 13.8. The van der Waals surface area contributed by atoms with Crippen molar-refractivity contribution in [1.82, 2.24) is 5.32 Å². The Morgan fingerprint density at radius 2 is 2.24 bits per heavy atom. The molecule has 0 aliphatic carbocycles. The van der Waals surface area contributed by atoms with Crippen LogP contribution in [0, 0.1) is 17.1 Å². The third kappa shape index (κ3) is 3.24. The minimum absolute atomic E-state index is 0.0261. The van der Waals surface area contributed by atoms with E-state index >= 15 is 0 Å². The van der Waals surface area contributed by atoms with Gasteiger partial charge in [-0.15, -0.1) is 0 Å². The van der Waals surface area contributed by atoms with E-state index in [1.807, 2.05) is 6.07 Å². The van der Waals surface area contributed by atoms with E-state index in [2.05, 4.69) is 5.32 Å². The van der Waals surface area contributed by atoms with Crippen LogP contribution in [0.5, 0.6) is 0 Å². The predicted molar refractivity (Wildman–Crippen MR) is 75.1 cm³/mol. The van der Waals surface area contributed by atoms with Crippen molar-refractivity contribution < 1.29 is 13.9 Å². The number of ether oxygens (including phenoxy) is 2. The minimum Gasteiger partial charge on any atom is -0.372 e. The van der Waals surface area contributed by atoms with Gasteiger partial charge in [0.05, 0.1) is 36.6 Å². The second-order valence-corrected chi connectivity index (χ2v) is 5.80. The Kier molecular flexibility index (Phi) is 4.20. The Bertz CT molecular complexity index is 550. The standard InChI is InChI=1S/C16H19FN2O2/c17-15-7-12(9-18)1-2-13(15)10-20-14-8-16(21-11-14)3-5-19-6-4-16/h1-2,7,14,19H,3-6,8,10-11H2. The van der Waals surface area contributed by atoms with Gasteiger partial charge in [-0.05, 0) is 38.1 Å². The number of piperidine rings is 1. The molecule has 0 saturated carbocycles. The summed E-state index contributed by atoms with van der Waals surface area (Å²) in [6.07, 6.45) is 2.93. The summed E-state index contributed by atoms with van der Waals surface area (Å²) in [6, 6.07) is 6.40. The van der Waals surface area contributed by atoms with Gasteiger partial charge in [0.1, 0.15) is 5.82 Å². The van der Waals surface area contributed by atoms with Crippen molar-refractivity contribution in [2.24, 2.45) is 0 Å². The van der Waals surface area contributed by atoms with Crippen LogP contribution in [0.1, 0.15) is 30.4 Å². The van der Waals surface area contributed by atoms with E-state index in [4.69, 9.17) is 14.7 Å². The molecule has 2 saturated heterocycles. The first kappa shape index (κ1) is 14.5. The Labute approximate surface area is 123 Å². The maximum Gasteiger partial charge on any atom is 0.130 e. The van der Waals surface area contributed by atoms with Crippen LogP contribution in [0.2, 0.25) is 0 Å². The van der Waals surface area contributed by atoms with Crippen molar-refractivity contribution in [3.8, 4) is 6.07 Å². The molecule has 1 spiro atoms. The lowest BCUT2D eigenvalue weighted by Gasteiger charge is -2.32. The second kappa shape index (κ2) is 6.10. The van der Waals surface area contributed by atoms with Gasteiger partial charge in [-0.25, -0.2) is 4.39 Å². The topological polar surface area (TPSA) is 54.3 Å². The molecule has 1 aromatic carbocycles. The quantitative estimate of drug-likeness (QED) is 0.926. The van der Waals surface area contributed by atoms with E-state index in [-0.39, 0.29) is 24.1 Å². The van der Waals surface area contributed by atoms with Crippen LogP contribution in [-0.2, 0) is 16.1 Å². The lowest BCUT2D eigenvalue weighted by atomic mass is 9.89. The molecule has 4 nitrogen and oxygen atoms in total. The molecule has 1 atom stereocenters. The molecule has 1 unspecified atom stereocenters. The first-order chi connectivity index (χ1) is 10.2. The van der Waals surface area contributed by atoms with Gasteiger partial charge in [-0.2, -0.15) is 5.26 Å². The van der Waals surface area contributed by atoms with E-state index in [0.29, 0.717) is 17.7 Å². The van der Waals surface area contributed by atoms with E-state index in [0.717, 1.165) is 32.4 Å². The summed E-state index contributed by atoms with van der Waals surface area (Å²) >= 11 is 0. The summed E-state index contributed by atoms with van der Waals surface area (Å²) in [4.78, 5) is 0. The number of nitrogens with zero attached hydrogens (tertiary/aromatic N) is 1. The van der Waals surface area contributed by atoms with Gasteiger partial charge in [-0.1, -0.05) is 6.07 Å². The highest BCUT2D eigenvalue weighted by Crippen LogP contribution is 2.35. The fourth-order valence-corrected chi connectivity index (χ4v) is 3.08. The zero-order valence-electron chi connectivity index (χ0n) is 11.9. The zero-order valence-corrected chi connectivity index (χ0v) is 11.9. The lowest BCUT2D eigenvalue weighted by molar-refractivity contribution is -0.0241. The predicted octanol–water partition coefficient (Wildman–Crippen LogP) is 2.13. The Morgan fingerprint density at radius 1 is 1.43 bits per heavy atom. The van der Waals surface area contributed by atoms with Gasteiger partial charge in [0.2, 0.25) is 0 Å². The molecule has 3 rings (SSSR count). The zero-order chi connectivity index (χ0) is 14.7. The number of halogens is 1. The van der Waals surface area contributed by atoms with E-state index < -0.39 is 0 Å². The minimum atomic E-state index is -0.385. The summed E-state index contributed by atoms with van der Waals surface area (Å²) < 4.78 is 25.5. The largest absolute Gasteiger partial charge is 0.372 e. The third-order valence-electron chi connectivity index (χ3n) is 4.35. The number of hydrogen-bond acceptors (Lipinski definition) is 4. The van der Waals surface area contributed by atoms with Crippen LogP contribution in [0.4, 0.5) is 4.39 Å². The molecule has 1 N–H and O–H groups in total. The molecule has 21 heavy (non-hydrogen) atoms. The van der Waals surface area contributed by atoms with Crippen molar-refractivity contribution in [3.63, 3.8) is 0 Å². The van der Waals surface area contributed by atoms with Crippen molar-refractivity contribution in [1.29, 1.82) is 5.26 Å². The Hall–Kier alpha value is -1.48. The number of nitrogens with one attached hydrogen (secondary N) is 1. The van der Waals surface area contributed by atoms with Crippen LogP contribution in [-0.4, -0.2) is 31.4 Å². The van der Waals surface area contributed by atoms with Crippen LogP contribution in [0.25, 0.3) is 0 Å². The fourth-order valence-electron chi connectivity index (χ4n) is 3.08. The number of benzene rings is 1. The highest BCUT2D eigenvalue weighted by molar-refractivity contribution is 5.32. The van der Waals surface area contributed by atoms with E-state index in [9.17, 15) is 4.39 Å². The fraction of sp³-hybridized carbons (Fsp3) is 0.562. The van der Waals surface area contributed by atoms with Crippen LogP contribution >= 0.6 is 0 Å². The lowest BCUT2D eigenvalue weighted by Crippen LogP contribution is -2.41. The highest BCUT2D eigenvalue weighted by atomic mass is 19.1. The number of hydrogen-bond donors (Lipinski definition) is 1. The Morgan fingerprint density at radius 3 is 2.95 bits per heavy atom. The molecule has 2 fully saturated rings. The first-order valence-corrected chi connectivity index (χ1v) is 7.36. The van der Waals surface area contributed by atoms with Crippen molar-refractivity contribution in [2.75, 3.05) is 19.7 Å². The normalized spacial score (nSPS) is 24.1. The number of nitriles is 1. The van der Waals surface area contributed by atoms with Crippen LogP contribution < -0.4 is 5.32 Å². The molecule has 5 heteroatoms. The molecule has 0 radical (unpaired) electrons.